The maximum atomic E-state index is 12.6. The van der Waals surface area contributed by atoms with Gasteiger partial charge in [0.2, 0.25) is 0 Å². The first-order valence-electron chi connectivity index (χ1n) is 4.45. The molecule has 1 aliphatic rings. The van der Waals surface area contributed by atoms with Gasteiger partial charge in [0.05, 0.1) is 0 Å². The number of halogens is 5. The van der Waals surface area contributed by atoms with Gasteiger partial charge in [-0.1, -0.05) is 0 Å². The van der Waals surface area contributed by atoms with E-state index in [0.717, 1.165) is 19.3 Å². The van der Waals surface area contributed by atoms with Crippen LogP contribution in [0.2, 0.25) is 4.82 Å². The van der Waals surface area contributed by atoms with Crippen molar-refractivity contribution in [3.63, 3.8) is 0 Å². The van der Waals surface area contributed by atoms with Gasteiger partial charge in [-0.05, 0) is 0 Å². The fraction of sp³-hybridized carbons (Fsp3) is 1.00. The second-order valence-corrected chi connectivity index (χ2v) is 6.36. The summed E-state index contributed by atoms with van der Waals surface area (Å²) in [5.41, 5.74) is 0. The Morgan fingerprint density at radius 1 is 0.857 bits per heavy atom. The van der Waals surface area contributed by atoms with Crippen LogP contribution in [0.25, 0.3) is 0 Å². The maximum absolute atomic E-state index is 12.6. The molecule has 0 atom stereocenters. The van der Waals surface area contributed by atoms with Crippen LogP contribution >= 0.6 is 0 Å². The predicted molar refractivity (Wildman–Crippen MR) is 43.6 cm³/mol. The van der Waals surface area contributed by atoms with Crippen LogP contribution in [0.3, 0.4) is 0 Å². The summed E-state index contributed by atoms with van der Waals surface area (Å²) < 4.78 is 60.8. The molecule has 0 heterocycles. The molecule has 1 rings (SSSR count). The van der Waals surface area contributed by atoms with Crippen LogP contribution in [-0.4, -0.2) is 26.0 Å². The Kier molecular flexibility index (Phi) is 3.80. The van der Waals surface area contributed by atoms with Gasteiger partial charge in [-0.15, -0.1) is 0 Å². The molecule has 6 heteroatoms. The SMILES string of the molecule is FC(F)(F)C(F)(F)[Se]C1CCCCC1. The minimum absolute atomic E-state index is 0.395. The molecule has 0 unspecified atom stereocenters. The number of alkyl halides is 5. The third kappa shape index (κ3) is 3.09. The van der Waals surface area contributed by atoms with Crippen LogP contribution in [0.5, 0.6) is 0 Å². The Morgan fingerprint density at radius 3 is 1.79 bits per heavy atom. The first-order chi connectivity index (χ1) is 6.33. The number of hydrogen-bond acceptors (Lipinski definition) is 0. The van der Waals surface area contributed by atoms with Crippen LogP contribution in [0, 0.1) is 0 Å². The molecule has 0 spiro atoms. The van der Waals surface area contributed by atoms with E-state index in [4.69, 9.17) is 0 Å². The van der Waals surface area contributed by atoms with E-state index in [1.807, 2.05) is 0 Å². The van der Waals surface area contributed by atoms with Crippen molar-refractivity contribution in [1.29, 1.82) is 0 Å². The molecule has 0 bridgehead atoms. The first-order valence-corrected chi connectivity index (χ1v) is 6.30. The first kappa shape index (κ1) is 12.2. The van der Waals surface area contributed by atoms with Gasteiger partial charge in [0.1, 0.15) is 0 Å². The molecule has 1 aliphatic carbocycles. The molecular weight excluding hydrogens is 270 g/mol. The molecule has 14 heavy (non-hydrogen) atoms. The van der Waals surface area contributed by atoms with Gasteiger partial charge < -0.3 is 0 Å². The molecular formula is C8H11F5Se. The van der Waals surface area contributed by atoms with Crippen LogP contribution < -0.4 is 0 Å². The van der Waals surface area contributed by atoms with Gasteiger partial charge in [0.25, 0.3) is 0 Å². The van der Waals surface area contributed by atoms with Crippen molar-refractivity contribution in [2.24, 2.45) is 0 Å². The number of hydrogen-bond donors (Lipinski definition) is 0. The van der Waals surface area contributed by atoms with Crippen LogP contribution in [0.4, 0.5) is 22.0 Å². The van der Waals surface area contributed by atoms with Crippen LogP contribution in [0.15, 0.2) is 0 Å². The van der Waals surface area contributed by atoms with Crippen molar-refractivity contribution < 1.29 is 22.0 Å². The number of rotatable bonds is 2. The molecule has 0 N–H and O–H groups in total. The normalized spacial score (nSPS) is 21.2. The van der Waals surface area contributed by atoms with E-state index < -0.39 is 30.8 Å². The standard InChI is InChI=1S/C8H11F5Se/c9-7(10,11)8(12,13)14-6-4-2-1-3-5-6/h6H,1-5H2. The van der Waals surface area contributed by atoms with Crippen molar-refractivity contribution in [3.8, 4) is 0 Å². The molecule has 0 nitrogen and oxygen atoms in total. The monoisotopic (exact) mass is 282 g/mol. The molecule has 0 aromatic carbocycles. The molecule has 1 saturated carbocycles. The van der Waals surface area contributed by atoms with Crippen LogP contribution in [-0.2, 0) is 0 Å². The van der Waals surface area contributed by atoms with Crippen molar-refractivity contribution in [3.05, 3.63) is 0 Å². The molecule has 0 aromatic heterocycles. The van der Waals surface area contributed by atoms with Gasteiger partial charge in [-0.3, -0.25) is 0 Å². The Labute approximate surface area is 85.4 Å². The van der Waals surface area contributed by atoms with E-state index in [9.17, 15) is 22.0 Å². The van der Waals surface area contributed by atoms with E-state index in [2.05, 4.69) is 0 Å². The van der Waals surface area contributed by atoms with E-state index in [1.54, 1.807) is 0 Å². The average molecular weight is 281 g/mol. The average Bonchev–Trinajstić information content (AvgIpc) is 2.03. The molecule has 1 fully saturated rings. The zero-order valence-electron chi connectivity index (χ0n) is 7.41. The van der Waals surface area contributed by atoms with Gasteiger partial charge in [0, 0.05) is 0 Å². The van der Waals surface area contributed by atoms with Crippen molar-refractivity contribution in [2.45, 2.75) is 47.9 Å². The summed E-state index contributed by atoms with van der Waals surface area (Å²) in [6.45, 7) is 0. The van der Waals surface area contributed by atoms with Crippen LogP contribution in [0.1, 0.15) is 32.1 Å². The van der Waals surface area contributed by atoms with Gasteiger partial charge in [-0.2, -0.15) is 0 Å². The topological polar surface area (TPSA) is 0 Å². The fourth-order valence-corrected chi connectivity index (χ4v) is 3.81. The Morgan fingerprint density at radius 2 is 1.36 bits per heavy atom. The third-order valence-corrected chi connectivity index (χ3v) is 4.99. The quantitative estimate of drug-likeness (QED) is 0.536. The summed E-state index contributed by atoms with van der Waals surface area (Å²) in [4.78, 5) is -4.84. The fourth-order valence-electron chi connectivity index (χ4n) is 1.46. The van der Waals surface area contributed by atoms with E-state index in [0.29, 0.717) is 12.8 Å². The van der Waals surface area contributed by atoms with E-state index in [1.165, 1.54) is 0 Å². The van der Waals surface area contributed by atoms with Crippen molar-refractivity contribution in [2.75, 3.05) is 0 Å². The van der Waals surface area contributed by atoms with Gasteiger partial charge >= 0.3 is 84.8 Å². The Hall–Kier alpha value is 0.169. The Bertz CT molecular complexity index is 183. The second-order valence-electron chi connectivity index (χ2n) is 3.39. The Balaban J connectivity index is 2.49. The van der Waals surface area contributed by atoms with Gasteiger partial charge in [0.15, 0.2) is 0 Å². The van der Waals surface area contributed by atoms with E-state index in [-0.39, 0.29) is 0 Å². The van der Waals surface area contributed by atoms with Crippen molar-refractivity contribution in [1.82, 2.24) is 0 Å². The van der Waals surface area contributed by atoms with Crippen molar-refractivity contribution >= 4 is 15.0 Å². The molecule has 0 radical (unpaired) electrons. The summed E-state index contributed by atoms with van der Waals surface area (Å²) >= 11 is -1.63. The molecule has 0 amide bonds. The summed E-state index contributed by atoms with van der Waals surface area (Å²) in [5.74, 6) is 0. The third-order valence-electron chi connectivity index (χ3n) is 2.20. The molecule has 0 saturated heterocycles. The molecule has 0 aromatic rings. The van der Waals surface area contributed by atoms with Gasteiger partial charge in [-0.25, -0.2) is 0 Å². The summed E-state index contributed by atoms with van der Waals surface area (Å²) in [6.07, 6.45) is -1.74. The van der Waals surface area contributed by atoms with E-state index >= 15 is 0 Å². The predicted octanol–water partition coefficient (Wildman–Crippen LogP) is 3.60. The molecule has 84 valence electrons. The summed E-state index contributed by atoms with van der Waals surface area (Å²) in [7, 11) is 0. The minimum atomic E-state index is -5.36. The molecule has 0 aliphatic heterocycles. The summed E-state index contributed by atoms with van der Waals surface area (Å²) in [5, 5.41) is 0. The summed E-state index contributed by atoms with van der Waals surface area (Å²) in [6, 6.07) is 0. The zero-order valence-corrected chi connectivity index (χ0v) is 9.12. The second kappa shape index (κ2) is 4.35. The zero-order chi connectivity index (χ0) is 10.8.